The third-order valence-electron chi connectivity index (χ3n) is 2.65. The standard InChI is InChI=1S/C15H21N3O4/c1-5-10-11(13(19)20)6-9(7-12(10)16)17-8-18-14(21)22-15(2,3)4/h6-8H,5,16H2,1-4H3,(H,19,20)(H,17,18,21). The number of hydrogen-bond acceptors (Lipinski definition) is 5. The molecule has 1 aromatic rings. The van der Waals surface area contributed by atoms with Crippen LogP contribution in [0.1, 0.15) is 43.6 Å². The summed E-state index contributed by atoms with van der Waals surface area (Å²) in [5.41, 5.74) is 6.58. The Labute approximate surface area is 129 Å². The number of rotatable bonds is 4. The van der Waals surface area contributed by atoms with Crippen LogP contribution in [0, 0.1) is 0 Å². The van der Waals surface area contributed by atoms with Crippen molar-refractivity contribution in [2.75, 3.05) is 5.73 Å². The third-order valence-corrected chi connectivity index (χ3v) is 2.65. The molecule has 7 nitrogen and oxygen atoms in total. The van der Waals surface area contributed by atoms with Crippen LogP contribution in [0.25, 0.3) is 0 Å². The second kappa shape index (κ2) is 6.93. The zero-order chi connectivity index (χ0) is 16.9. The molecule has 0 spiro atoms. The Kier molecular flexibility index (Phi) is 5.50. The summed E-state index contributed by atoms with van der Waals surface area (Å²) in [7, 11) is 0. The van der Waals surface area contributed by atoms with E-state index in [9.17, 15) is 14.7 Å². The van der Waals surface area contributed by atoms with Gasteiger partial charge in [0, 0.05) is 5.69 Å². The van der Waals surface area contributed by atoms with Gasteiger partial charge in [0.05, 0.1) is 17.6 Å². The van der Waals surface area contributed by atoms with Gasteiger partial charge in [-0.25, -0.2) is 14.6 Å². The number of alkyl carbamates (subject to hydrolysis) is 1. The summed E-state index contributed by atoms with van der Waals surface area (Å²) in [4.78, 5) is 26.6. The molecule has 0 aromatic heterocycles. The van der Waals surface area contributed by atoms with Gasteiger partial charge in [-0.15, -0.1) is 0 Å². The predicted octanol–water partition coefficient (Wildman–Crippen LogP) is 2.71. The second-order valence-corrected chi connectivity index (χ2v) is 5.62. The van der Waals surface area contributed by atoms with Crippen molar-refractivity contribution in [2.24, 2.45) is 4.99 Å². The van der Waals surface area contributed by atoms with Crippen molar-refractivity contribution in [2.45, 2.75) is 39.7 Å². The van der Waals surface area contributed by atoms with E-state index in [1.165, 1.54) is 6.07 Å². The summed E-state index contributed by atoms with van der Waals surface area (Å²) in [6, 6.07) is 2.96. The summed E-state index contributed by atoms with van der Waals surface area (Å²) < 4.78 is 5.04. The normalized spacial score (nSPS) is 11.5. The summed E-state index contributed by atoms with van der Waals surface area (Å²) in [6.45, 7) is 7.05. The molecule has 1 amide bonds. The highest BCUT2D eigenvalue weighted by atomic mass is 16.6. The number of carboxylic acids is 1. The molecule has 0 fully saturated rings. The molecule has 0 aliphatic rings. The second-order valence-electron chi connectivity index (χ2n) is 5.62. The number of carbonyl (C=O) groups excluding carboxylic acids is 1. The molecule has 0 aliphatic carbocycles. The molecule has 0 saturated heterocycles. The Morgan fingerprint density at radius 2 is 2.05 bits per heavy atom. The van der Waals surface area contributed by atoms with Crippen molar-refractivity contribution in [1.82, 2.24) is 5.32 Å². The smallest absolute Gasteiger partial charge is 0.412 e. The zero-order valence-electron chi connectivity index (χ0n) is 13.1. The summed E-state index contributed by atoms with van der Waals surface area (Å²) >= 11 is 0. The van der Waals surface area contributed by atoms with Gasteiger partial charge in [0.2, 0.25) is 0 Å². The maximum atomic E-state index is 11.4. The van der Waals surface area contributed by atoms with E-state index < -0.39 is 17.7 Å². The molecule has 120 valence electrons. The summed E-state index contributed by atoms with van der Waals surface area (Å²) in [5, 5.41) is 11.5. The number of nitrogen functional groups attached to an aromatic ring is 1. The van der Waals surface area contributed by atoms with Crippen molar-refractivity contribution in [3.63, 3.8) is 0 Å². The topological polar surface area (TPSA) is 114 Å². The fourth-order valence-electron chi connectivity index (χ4n) is 1.81. The van der Waals surface area contributed by atoms with Crippen molar-refractivity contribution < 1.29 is 19.4 Å². The van der Waals surface area contributed by atoms with Gasteiger partial charge in [-0.2, -0.15) is 0 Å². The SMILES string of the molecule is CCc1c(N)cc(N=CNC(=O)OC(C)(C)C)cc1C(=O)O. The van der Waals surface area contributed by atoms with Crippen LogP contribution in [-0.2, 0) is 11.2 Å². The quantitative estimate of drug-likeness (QED) is 0.449. The van der Waals surface area contributed by atoms with Gasteiger partial charge in [0.1, 0.15) is 5.60 Å². The van der Waals surface area contributed by atoms with E-state index in [2.05, 4.69) is 10.3 Å². The molecule has 0 heterocycles. The Morgan fingerprint density at radius 1 is 1.41 bits per heavy atom. The number of anilines is 1. The molecule has 0 saturated carbocycles. The maximum absolute atomic E-state index is 11.4. The highest BCUT2D eigenvalue weighted by Gasteiger charge is 2.15. The summed E-state index contributed by atoms with van der Waals surface area (Å²) in [6.07, 6.45) is 1.00. The molecular formula is C15H21N3O4. The molecule has 7 heteroatoms. The number of aliphatic imine (C=N–C) groups is 1. The first-order valence-corrected chi connectivity index (χ1v) is 6.81. The third kappa shape index (κ3) is 5.08. The van der Waals surface area contributed by atoms with E-state index in [1.54, 1.807) is 26.8 Å². The van der Waals surface area contributed by atoms with E-state index in [4.69, 9.17) is 10.5 Å². The number of hydrogen-bond donors (Lipinski definition) is 3. The first-order chi connectivity index (χ1) is 10.1. The molecule has 22 heavy (non-hydrogen) atoms. The molecule has 0 unspecified atom stereocenters. The number of nitrogens with zero attached hydrogens (tertiary/aromatic N) is 1. The van der Waals surface area contributed by atoms with Gasteiger partial charge in [0.15, 0.2) is 0 Å². The Bertz CT molecular complexity index is 604. The van der Waals surface area contributed by atoms with Gasteiger partial charge in [-0.3, -0.25) is 5.32 Å². The average molecular weight is 307 g/mol. The van der Waals surface area contributed by atoms with E-state index in [-0.39, 0.29) is 5.56 Å². The lowest BCUT2D eigenvalue weighted by atomic mass is 10.0. The van der Waals surface area contributed by atoms with E-state index in [0.29, 0.717) is 23.4 Å². The Balaban J connectivity index is 2.88. The van der Waals surface area contributed by atoms with Crippen LogP contribution in [0.5, 0.6) is 0 Å². The molecular weight excluding hydrogens is 286 g/mol. The van der Waals surface area contributed by atoms with Crippen LogP contribution in [0.2, 0.25) is 0 Å². The molecule has 1 aromatic carbocycles. The predicted molar refractivity (Wildman–Crippen MR) is 84.7 cm³/mol. The largest absolute Gasteiger partial charge is 0.478 e. The van der Waals surface area contributed by atoms with Gasteiger partial charge in [-0.05, 0) is 44.9 Å². The monoisotopic (exact) mass is 307 g/mol. The molecule has 1 rings (SSSR count). The van der Waals surface area contributed by atoms with Crippen LogP contribution in [-0.4, -0.2) is 29.1 Å². The lowest BCUT2D eigenvalue weighted by Gasteiger charge is -2.18. The van der Waals surface area contributed by atoms with E-state index >= 15 is 0 Å². The minimum absolute atomic E-state index is 0.104. The van der Waals surface area contributed by atoms with Gasteiger partial charge in [-0.1, -0.05) is 6.92 Å². The number of nitrogens with one attached hydrogen (secondary N) is 1. The van der Waals surface area contributed by atoms with Crippen LogP contribution in [0.15, 0.2) is 17.1 Å². The average Bonchev–Trinajstić information content (AvgIpc) is 2.35. The summed E-state index contributed by atoms with van der Waals surface area (Å²) in [5.74, 6) is -1.07. The number of carbonyl (C=O) groups is 2. The van der Waals surface area contributed by atoms with Crippen molar-refractivity contribution in [1.29, 1.82) is 0 Å². The van der Waals surface area contributed by atoms with Crippen molar-refractivity contribution in [3.05, 3.63) is 23.3 Å². The fourth-order valence-corrected chi connectivity index (χ4v) is 1.81. The number of nitrogens with two attached hydrogens (primary N) is 1. The van der Waals surface area contributed by atoms with Gasteiger partial charge < -0.3 is 15.6 Å². The van der Waals surface area contributed by atoms with Crippen LogP contribution in [0.3, 0.4) is 0 Å². The van der Waals surface area contributed by atoms with E-state index in [1.807, 2.05) is 6.92 Å². The molecule has 0 bridgehead atoms. The highest BCUT2D eigenvalue weighted by Crippen LogP contribution is 2.25. The van der Waals surface area contributed by atoms with Gasteiger partial charge in [0.25, 0.3) is 0 Å². The zero-order valence-corrected chi connectivity index (χ0v) is 13.1. The minimum Gasteiger partial charge on any atom is -0.478 e. The number of amides is 1. The number of aromatic carboxylic acids is 1. The van der Waals surface area contributed by atoms with Crippen LogP contribution >= 0.6 is 0 Å². The van der Waals surface area contributed by atoms with Gasteiger partial charge >= 0.3 is 12.1 Å². The first-order valence-electron chi connectivity index (χ1n) is 6.81. The van der Waals surface area contributed by atoms with Crippen LogP contribution in [0.4, 0.5) is 16.2 Å². The molecule has 4 N–H and O–H groups in total. The van der Waals surface area contributed by atoms with Crippen molar-refractivity contribution in [3.8, 4) is 0 Å². The Morgan fingerprint density at radius 3 is 2.55 bits per heavy atom. The lowest BCUT2D eigenvalue weighted by Crippen LogP contribution is -2.31. The molecule has 0 radical (unpaired) electrons. The number of ether oxygens (including phenoxy) is 1. The van der Waals surface area contributed by atoms with Crippen molar-refractivity contribution >= 4 is 29.8 Å². The fraction of sp³-hybridized carbons (Fsp3) is 0.400. The number of benzene rings is 1. The number of carboxylic acid groups (broad SMARTS) is 1. The highest BCUT2D eigenvalue weighted by molar-refractivity contribution is 5.93. The van der Waals surface area contributed by atoms with E-state index in [0.717, 1.165) is 6.34 Å². The molecule has 0 atom stereocenters. The first kappa shape index (κ1) is 17.5. The molecule has 0 aliphatic heterocycles. The maximum Gasteiger partial charge on any atom is 0.412 e. The van der Waals surface area contributed by atoms with Crippen LogP contribution < -0.4 is 11.1 Å². The Hall–Kier alpha value is -2.57. The lowest BCUT2D eigenvalue weighted by molar-refractivity contribution is 0.0564. The minimum atomic E-state index is -1.07.